The maximum Gasteiger partial charge on any atom is 0.472 e. The fourth-order valence-corrected chi connectivity index (χ4v) is 14.6. The van der Waals surface area contributed by atoms with E-state index in [0.717, 1.165) is 102 Å². The molecule has 0 radical (unpaired) electrons. The van der Waals surface area contributed by atoms with E-state index in [-0.39, 0.29) is 25.7 Å². The Kier molecular flexibility index (Phi) is 74.1. The molecular weight excluding hydrogens is 1340 g/mol. The largest absolute Gasteiger partial charge is 0.472 e. The summed E-state index contributed by atoms with van der Waals surface area (Å²) in [7, 11) is -9.92. The van der Waals surface area contributed by atoms with Gasteiger partial charge in [0.15, 0.2) is 12.2 Å². The lowest BCUT2D eigenvalue weighted by Crippen LogP contribution is -2.30. The van der Waals surface area contributed by atoms with Gasteiger partial charge in [-0.2, -0.15) is 0 Å². The zero-order valence-corrected chi connectivity index (χ0v) is 69.4. The first kappa shape index (κ1) is 101. The monoisotopic (exact) mass is 1510 g/mol. The van der Waals surface area contributed by atoms with E-state index in [1.807, 2.05) is 0 Å². The zero-order chi connectivity index (χ0) is 75.6. The van der Waals surface area contributed by atoms with E-state index < -0.39 is 97.5 Å². The third kappa shape index (κ3) is 75.3. The van der Waals surface area contributed by atoms with Gasteiger partial charge in [0.05, 0.1) is 26.4 Å². The lowest BCUT2D eigenvalue weighted by atomic mass is 9.99. The minimum absolute atomic E-state index is 0.108. The van der Waals surface area contributed by atoms with Crippen LogP contribution in [0.5, 0.6) is 0 Å². The van der Waals surface area contributed by atoms with Gasteiger partial charge in [-0.3, -0.25) is 37.3 Å². The second-order valence-electron chi connectivity index (χ2n) is 30.7. The summed E-state index contributed by atoms with van der Waals surface area (Å²) in [5.41, 5.74) is 0. The summed E-state index contributed by atoms with van der Waals surface area (Å²) in [6.45, 7) is 9.76. The van der Waals surface area contributed by atoms with Crippen molar-refractivity contribution in [2.45, 2.75) is 464 Å². The molecule has 103 heavy (non-hydrogen) atoms. The molecule has 0 amide bonds. The Morgan fingerprint density at radius 3 is 0.689 bits per heavy atom. The Hall–Kier alpha value is -1.94. The van der Waals surface area contributed by atoms with E-state index in [2.05, 4.69) is 41.5 Å². The average molecular weight is 1510 g/mol. The van der Waals surface area contributed by atoms with Gasteiger partial charge in [0.25, 0.3) is 0 Å². The highest BCUT2D eigenvalue weighted by Gasteiger charge is 2.30. The number of unbranched alkanes of at least 4 members (excludes halogenated alkanes) is 51. The van der Waals surface area contributed by atoms with Gasteiger partial charge >= 0.3 is 39.5 Å². The molecule has 3 N–H and O–H groups in total. The number of aliphatic hydroxyl groups excluding tert-OH is 1. The van der Waals surface area contributed by atoms with Crippen LogP contribution in [0.2, 0.25) is 0 Å². The Balaban J connectivity index is 5.24. The second kappa shape index (κ2) is 75.5. The molecule has 0 spiro atoms. The maximum absolute atomic E-state index is 13.1. The fraction of sp³-hybridized carbons (Fsp3) is 0.952. The van der Waals surface area contributed by atoms with Crippen LogP contribution in [-0.2, 0) is 65.4 Å². The van der Waals surface area contributed by atoms with Crippen LogP contribution < -0.4 is 0 Å². The molecule has 0 saturated heterocycles. The number of phosphoric acid groups is 2. The summed E-state index contributed by atoms with van der Waals surface area (Å²) in [6.07, 6.45) is 66.4. The van der Waals surface area contributed by atoms with Crippen LogP contribution in [0.3, 0.4) is 0 Å². The number of aliphatic hydroxyl groups is 1. The molecular formula is C84H164O17P2. The number of carbonyl (C=O) groups is 4. The maximum atomic E-state index is 13.1. The number of carbonyl (C=O) groups excluding carboxylic acids is 4. The normalized spacial score (nSPS) is 14.4. The molecule has 0 heterocycles. The third-order valence-corrected chi connectivity index (χ3v) is 22.3. The van der Waals surface area contributed by atoms with Crippen molar-refractivity contribution in [1.29, 1.82) is 0 Å². The van der Waals surface area contributed by atoms with Crippen molar-refractivity contribution < 1.29 is 80.2 Å². The quantitative estimate of drug-likeness (QED) is 0.0222. The molecule has 7 atom stereocenters. The van der Waals surface area contributed by atoms with Crippen molar-refractivity contribution in [3.8, 4) is 0 Å². The molecule has 0 bridgehead atoms. The molecule has 0 aliphatic carbocycles. The third-order valence-electron chi connectivity index (χ3n) is 20.4. The molecule has 19 heteroatoms. The minimum atomic E-state index is -4.96. The lowest BCUT2D eigenvalue weighted by Gasteiger charge is -2.21. The number of rotatable bonds is 83. The van der Waals surface area contributed by atoms with Crippen molar-refractivity contribution in [1.82, 2.24) is 0 Å². The predicted octanol–water partition coefficient (Wildman–Crippen LogP) is 25.5. The van der Waals surface area contributed by atoms with Crippen LogP contribution in [0.4, 0.5) is 0 Å². The highest BCUT2D eigenvalue weighted by molar-refractivity contribution is 7.47. The van der Waals surface area contributed by atoms with E-state index >= 15 is 0 Å². The smallest absolute Gasteiger partial charge is 0.462 e. The summed E-state index contributed by atoms with van der Waals surface area (Å²) in [6, 6.07) is 0. The molecule has 0 aromatic heterocycles. The SMILES string of the molecule is CCCCCCCCCCCCCCCCC(=O)O[C@H](COC(=O)CCCCCCCCCCCCCCC)COP(=O)(O)OC[C@H](O)COP(=O)(O)OC[C@@H](COC(=O)CCCCCCCCCCCCC(C)CC)OC(=O)CCCCCCCCCCCCCCCCCCCCC(C)CC. The first-order chi connectivity index (χ1) is 49.9. The first-order valence-corrected chi connectivity index (χ1v) is 46.6. The van der Waals surface area contributed by atoms with Gasteiger partial charge in [0.1, 0.15) is 19.3 Å². The number of esters is 4. The van der Waals surface area contributed by atoms with Crippen molar-refractivity contribution in [2.75, 3.05) is 39.6 Å². The molecule has 0 fully saturated rings. The average Bonchev–Trinajstić information content (AvgIpc) is 0.973. The summed E-state index contributed by atoms with van der Waals surface area (Å²) in [5, 5.41) is 10.7. The predicted molar refractivity (Wildman–Crippen MR) is 423 cm³/mol. The summed E-state index contributed by atoms with van der Waals surface area (Å²) in [4.78, 5) is 73.2. The van der Waals surface area contributed by atoms with Crippen LogP contribution in [0.1, 0.15) is 446 Å². The lowest BCUT2D eigenvalue weighted by molar-refractivity contribution is -0.161. The Morgan fingerprint density at radius 2 is 0.466 bits per heavy atom. The number of hydrogen-bond donors (Lipinski definition) is 3. The van der Waals surface area contributed by atoms with Crippen LogP contribution >= 0.6 is 15.6 Å². The molecule has 0 aromatic rings. The highest BCUT2D eigenvalue weighted by Crippen LogP contribution is 2.45. The van der Waals surface area contributed by atoms with Crippen LogP contribution in [0, 0.1) is 11.8 Å². The van der Waals surface area contributed by atoms with Crippen molar-refractivity contribution in [3.63, 3.8) is 0 Å². The molecule has 4 unspecified atom stereocenters. The van der Waals surface area contributed by atoms with Gasteiger partial charge in [0, 0.05) is 25.7 Å². The van der Waals surface area contributed by atoms with Gasteiger partial charge in [-0.15, -0.1) is 0 Å². The Morgan fingerprint density at radius 1 is 0.272 bits per heavy atom. The topological polar surface area (TPSA) is 237 Å². The van der Waals surface area contributed by atoms with Crippen molar-refractivity contribution in [3.05, 3.63) is 0 Å². The number of phosphoric ester groups is 2. The van der Waals surface area contributed by atoms with Gasteiger partial charge in [-0.05, 0) is 37.5 Å². The molecule has 0 aliphatic heterocycles. The molecule has 0 rings (SSSR count). The summed E-state index contributed by atoms with van der Waals surface area (Å²) < 4.78 is 68.8. The molecule has 17 nitrogen and oxygen atoms in total. The summed E-state index contributed by atoms with van der Waals surface area (Å²) >= 11 is 0. The van der Waals surface area contributed by atoms with Gasteiger partial charge in [-0.25, -0.2) is 9.13 Å². The van der Waals surface area contributed by atoms with E-state index in [9.17, 15) is 43.2 Å². The molecule has 612 valence electrons. The van der Waals surface area contributed by atoms with E-state index in [4.69, 9.17) is 37.0 Å². The second-order valence-corrected chi connectivity index (χ2v) is 33.6. The van der Waals surface area contributed by atoms with Gasteiger partial charge in [-0.1, -0.05) is 395 Å². The van der Waals surface area contributed by atoms with Crippen LogP contribution in [0.25, 0.3) is 0 Å². The van der Waals surface area contributed by atoms with E-state index in [0.29, 0.717) is 25.7 Å². The Bertz CT molecular complexity index is 1980. The van der Waals surface area contributed by atoms with Crippen LogP contribution in [-0.4, -0.2) is 96.7 Å². The van der Waals surface area contributed by atoms with Gasteiger partial charge in [0.2, 0.25) is 0 Å². The fourth-order valence-electron chi connectivity index (χ4n) is 13.0. The van der Waals surface area contributed by atoms with E-state index in [1.54, 1.807) is 0 Å². The first-order valence-electron chi connectivity index (χ1n) is 43.6. The molecule has 0 aliphatic rings. The summed E-state index contributed by atoms with van der Waals surface area (Å²) in [5.74, 6) is -0.422. The van der Waals surface area contributed by atoms with Crippen LogP contribution in [0.15, 0.2) is 0 Å². The highest BCUT2D eigenvalue weighted by atomic mass is 31.2. The molecule has 0 saturated carbocycles. The number of hydrogen-bond acceptors (Lipinski definition) is 15. The zero-order valence-electron chi connectivity index (χ0n) is 67.6. The van der Waals surface area contributed by atoms with E-state index in [1.165, 1.54) is 263 Å². The number of ether oxygens (including phenoxy) is 4. The van der Waals surface area contributed by atoms with Crippen molar-refractivity contribution >= 4 is 39.5 Å². The standard InChI is InChI=1S/C84H164O17P2/c1-7-11-13-15-17-19-21-23-32-36-44-50-56-62-68-83(88)100-79(72-94-81(86)66-60-54-48-42-35-30-22-20-18-16-14-12-8-2)74-98-102(90,91)96-70-78(85)71-97-103(92,93)99-75-80(73-95-82(87)67-61-55-49-43-39-38-41-47-53-59-65-77(6)10-4)101-84(89)69-63-57-51-45-37-33-29-27-25-24-26-28-31-34-40-46-52-58-64-76(5)9-3/h76-80,85H,7-75H2,1-6H3,(H,90,91)(H,92,93)/t76?,77?,78-,79+,80+/m0/s1. The van der Waals surface area contributed by atoms with Crippen molar-refractivity contribution in [2.24, 2.45) is 11.8 Å². The van der Waals surface area contributed by atoms with Gasteiger partial charge < -0.3 is 33.8 Å². The Labute approximate surface area is 632 Å². The molecule has 0 aromatic carbocycles. The minimum Gasteiger partial charge on any atom is -0.462 e.